The van der Waals surface area contributed by atoms with E-state index in [-0.39, 0.29) is 17.3 Å². The van der Waals surface area contributed by atoms with Gasteiger partial charge < -0.3 is 4.74 Å². The maximum absolute atomic E-state index is 11.1. The molecular formula is C8H13ClO2. The number of carbonyl (C=O) groups excluding carboxylic acids is 1. The Labute approximate surface area is 71.9 Å². The van der Waals surface area contributed by atoms with Gasteiger partial charge in [-0.15, -0.1) is 11.6 Å². The van der Waals surface area contributed by atoms with Gasteiger partial charge in [0.2, 0.25) is 0 Å². The number of hydrogen-bond donors (Lipinski definition) is 0. The highest BCUT2D eigenvalue weighted by molar-refractivity contribution is 6.18. The van der Waals surface area contributed by atoms with Gasteiger partial charge in [0, 0.05) is 0 Å². The van der Waals surface area contributed by atoms with Gasteiger partial charge >= 0.3 is 5.97 Å². The summed E-state index contributed by atoms with van der Waals surface area (Å²) >= 11 is 5.36. The van der Waals surface area contributed by atoms with E-state index in [9.17, 15) is 4.79 Å². The summed E-state index contributed by atoms with van der Waals surface area (Å²) in [5.41, 5.74) is 0.170. The van der Waals surface area contributed by atoms with Gasteiger partial charge in [-0.1, -0.05) is 13.8 Å². The van der Waals surface area contributed by atoms with Crippen molar-refractivity contribution in [2.24, 2.45) is 11.3 Å². The zero-order valence-corrected chi connectivity index (χ0v) is 7.65. The van der Waals surface area contributed by atoms with E-state index in [1.807, 2.05) is 0 Å². The second kappa shape index (κ2) is 3.02. The van der Waals surface area contributed by atoms with Gasteiger partial charge in [-0.2, -0.15) is 0 Å². The molecule has 0 heterocycles. The van der Waals surface area contributed by atoms with Crippen LogP contribution < -0.4 is 0 Å². The van der Waals surface area contributed by atoms with Crippen molar-refractivity contribution in [1.29, 1.82) is 0 Å². The highest BCUT2D eigenvalue weighted by atomic mass is 35.5. The number of alkyl halides is 1. The predicted molar refractivity (Wildman–Crippen MR) is 43.6 cm³/mol. The SMILES string of the molecule is CC1(C)CC1C(=O)OCCCl. The molecule has 0 aromatic carbocycles. The van der Waals surface area contributed by atoms with Gasteiger partial charge in [-0.3, -0.25) is 4.79 Å². The Morgan fingerprint density at radius 2 is 2.27 bits per heavy atom. The van der Waals surface area contributed by atoms with Crippen LogP contribution in [0, 0.1) is 11.3 Å². The molecule has 1 aliphatic rings. The Morgan fingerprint density at radius 3 is 2.64 bits per heavy atom. The normalized spacial score (nSPS) is 26.3. The standard InChI is InChI=1S/C8H13ClO2/c1-8(2)5-6(8)7(10)11-4-3-9/h6H,3-5H2,1-2H3. The first-order chi connectivity index (χ1) is 5.08. The molecule has 0 aliphatic heterocycles. The van der Waals surface area contributed by atoms with Crippen molar-refractivity contribution in [2.75, 3.05) is 12.5 Å². The van der Waals surface area contributed by atoms with Gasteiger partial charge in [0.25, 0.3) is 0 Å². The van der Waals surface area contributed by atoms with E-state index in [0.717, 1.165) is 6.42 Å². The number of carbonyl (C=O) groups is 1. The fourth-order valence-electron chi connectivity index (χ4n) is 1.11. The van der Waals surface area contributed by atoms with E-state index in [1.54, 1.807) is 0 Å². The Hall–Kier alpha value is -0.240. The van der Waals surface area contributed by atoms with Gasteiger partial charge in [-0.05, 0) is 11.8 Å². The average molecular weight is 177 g/mol. The molecule has 1 atom stereocenters. The Kier molecular flexibility index (Phi) is 2.43. The van der Waals surface area contributed by atoms with Gasteiger partial charge in [0.05, 0.1) is 11.8 Å². The van der Waals surface area contributed by atoms with E-state index in [1.165, 1.54) is 0 Å². The molecule has 0 saturated heterocycles. The number of esters is 1. The number of hydrogen-bond acceptors (Lipinski definition) is 2. The smallest absolute Gasteiger partial charge is 0.309 e. The van der Waals surface area contributed by atoms with Crippen molar-refractivity contribution < 1.29 is 9.53 Å². The summed E-state index contributed by atoms with van der Waals surface area (Å²) in [5, 5.41) is 0. The van der Waals surface area contributed by atoms with Crippen LogP contribution in [0.2, 0.25) is 0 Å². The van der Waals surface area contributed by atoms with Crippen LogP contribution in [0.3, 0.4) is 0 Å². The molecule has 1 fully saturated rings. The second-order valence-electron chi connectivity index (χ2n) is 3.60. The maximum atomic E-state index is 11.1. The van der Waals surface area contributed by atoms with Gasteiger partial charge in [-0.25, -0.2) is 0 Å². The van der Waals surface area contributed by atoms with Crippen LogP contribution in [0.15, 0.2) is 0 Å². The molecule has 0 amide bonds. The van der Waals surface area contributed by atoms with Crippen molar-refractivity contribution in [3.05, 3.63) is 0 Å². The first kappa shape index (κ1) is 8.85. The number of rotatable bonds is 3. The molecule has 3 heteroatoms. The number of ether oxygens (including phenoxy) is 1. The topological polar surface area (TPSA) is 26.3 Å². The first-order valence-electron chi connectivity index (χ1n) is 3.80. The highest BCUT2D eigenvalue weighted by Crippen LogP contribution is 2.52. The van der Waals surface area contributed by atoms with Crippen LogP contribution in [0.1, 0.15) is 20.3 Å². The molecule has 0 bridgehead atoms. The largest absolute Gasteiger partial charge is 0.464 e. The fourth-order valence-corrected chi connectivity index (χ4v) is 1.19. The molecule has 0 spiro atoms. The van der Waals surface area contributed by atoms with E-state index < -0.39 is 0 Å². The minimum Gasteiger partial charge on any atom is -0.464 e. The Bertz CT molecular complexity index is 165. The summed E-state index contributed by atoms with van der Waals surface area (Å²) in [4.78, 5) is 11.1. The summed E-state index contributed by atoms with van der Waals surface area (Å²) in [6.45, 7) is 4.48. The third-order valence-electron chi connectivity index (χ3n) is 2.12. The van der Waals surface area contributed by atoms with Crippen molar-refractivity contribution in [2.45, 2.75) is 20.3 Å². The lowest BCUT2D eigenvalue weighted by molar-refractivity contribution is -0.145. The van der Waals surface area contributed by atoms with Crippen LogP contribution in [0.4, 0.5) is 0 Å². The second-order valence-corrected chi connectivity index (χ2v) is 3.98. The molecule has 11 heavy (non-hydrogen) atoms. The molecule has 1 saturated carbocycles. The van der Waals surface area contributed by atoms with E-state index in [4.69, 9.17) is 16.3 Å². The van der Waals surface area contributed by atoms with Gasteiger partial charge in [0.1, 0.15) is 6.61 Å². The van der Waals surface area contributed by atoms with Crippen LogP contribution in [-0.2, 0) is 9.53 Å². The fraction of sp³-hybridized carbons (Fsp3) is 0.875. The van der Waals surface area contributed by atoms with Gasteiger partial charge in [0.15, 0.2) is 0 Å². The molecule has 0 N–H and O–H groups in total. The quantitative estimate of drug-likeness (QED) is 0.484. The van der Waals surface area contributed by atoms with Crippen molar-refractivity contribution in [3.8, 4) is 0 Å². The van der Waals surface area contributed by atoms with Crippen molar-refractivity contribution in [1.82, 2.24) is 0 Å². The minimum atomic E-state index is -0.0874. The molecule has 0 aromatic heterocycles. The first-order valence-corrected chi connectivity index (χ1v) is 4.34. The van der Waals surface area contributed by atoms with Crippen LogP contribution in [0.25, 0.3) is 0 Å². The number of halogens is 1. The molecule has 0 radical (unpaired) electrons. The molecule has 1 unspecified atom stereocenters. The summed E-state index contributed by atoms with van der Waals surface area (Å²) in [6.07, 6.45) is 0.952. The Balaban J connectivity index is 2.23. The third-order valence-corrected chi connectivity index (χ3v) is 2.27. The van der Waals surface area contributed by atoms with Crippen LogP contribution in [0.5, 0.6) is 0 Å². The van der Waals surface area contributed by atoms with E-state index in [2.05, 4.69) is 13.8 Å². The maximum Gasteiger partial charge on any atom is 0.309 e. The van der Waals surface area contributed by atoms with E-state index >= 15 is 0 Å². The van der Waals surface area contributed by atoms with Crippen molar-refractivity contribution >= 4 is 17.6 Å². The zero-order chi connectivity index (χ0) is 8.48. The van der Waals surface area contributed by atoms with E-state index in [0.29, 0.717) is 12.5 Å². The monoisotopic (exact) mass is 176 g/mol. The zero-order valence-electron chi connectivity index (χ0n) is 6.89. The molecule has 1 aliphatic carbocycles. The molecule has 0 aromatic rings. The summed E-state index contributed by atoms with van der Waals surface area (Å²) in [5.74, 6) is 0.417. The average Bonchev–Trinajstić information content (AvgIpc) is 2.55. The van der Waals surface area contributed by atoms with Crippen LogP contribution in [-0.4, -0.2) is 18.5 Å². The molecular weight excluding hydrogens is 164 g/mol. The molecule has 64 valence electrons. The summed E-state index contributed by atoms with van der Waals surface area (Å²) < 4.78 is 4.88. The Morgan fingerprint density at radius 1 is 1.73 bits per heavy atom. The molecule has 1 rings (SSSR count). The lowest BCUT2D eigenvalue weighted by Crippen LogP contribution is -2.11. The predicted octanol–water partition coefficient (Wildman–Crippen LogP) is 1.81. The minimum absolute atomic E-state index is 0.0874. The lowest BCUT2D eigenvalue weighted by Gasteiger charge is -2.02. The van der Waals surface area contributed by atoms with Crippen LogP contribution >= 0.6 is 11.6 Å². The lowest BCUT2D eigenvalue weighted by atomic mass is 10.1. The highest BCUT2D eigenvalue weighted by Gasteiger charge is 2.51. The van der Waals surface area contributed by atoms with Crippen molar-refractivity contribution in [3.63, 3.8) is 0 Å². The molecule has 2 nitrogen and oxygen atoms in total. The summed E-state index contributed by atoms with van der Waals surface area (Å²) in [6, 6.07) is 0. The third kappa shape index (κ3) is 2.09. The summed E-state index contributed by atoms with van der Waals surface area (Å²) in [7, 11) is 0.